The first-order valence-corrected chi connectivity index (χ1v) is 14.1. The van der Waals surface area contributed by atoms with Crippen LogP contribution in [0.25, 0.3) is 0 Å². The maximum Gasteiger partial charge on any atom is 0.414 e. The molecular weight excluding hydrogens is 494 g/mol. The van der Waals surface area contributed by atoms with Crippen molar-refractivity contribution >= 4 is 16.1 Å². The number of nitrogens with zero attached hydrogens (tertiary/aromatic N) is 1. The number of carbonyl (C=O) groups excluding carboxylic acids is 1. The molecule has 2 N–H and O–H groups in total. The van der Waals surface area contributed by atoms with Crippen molar-refractivity contribution in [3.8, 4) is 0 Å². The van der Waals surface area contributed by atoms with E-state index in [0.29, 0.717) is 32.5 Å². The molecule has 10 heteroatoms. The van der Waals surface area contributed by atoms with E-state index in [4.69, 9.17) is 14.3 Å². The Bertz CT molecular complexity index is 1220. The minimum absolute atomic E-state index is 0.0688. The monoisotopic (exact) mass is 527 g/mol. The molecule has 2 heterocycles. The first kappa shape index (κ1) is 25.7. The number of ether oxygens (including phenoxy) is 2. The van der Waals surface area contributed by atoms with Crippen molar-refractivity contribution in [2.45, 2.75) is 68.3 Å². The molecule has 37 heavy (non-hydrogen) atoms. The highest BCUT2D eigenvalue weighted by atomic mass is 32.2. The summed E-state index contributed by atoms with van der Waals surface area (Å²) in [5, 5.41) is 2.92. The number of hydrogen-bond acceptors (Lipinski definition) is 7. The van der Waals surface area contributed by atoms with Gasteiger partial charge in [-0.15, -0.1) is 0 Å². The summed E-state index contributed by atoms with van der Waals surface area (Å²) < 4.78 is 39.0. The van der Waals surface area contributed by atoms with Gasteiger partial charge >= 0.3 is 6.09 Å². The predicted molar refractivity (Wildman–Crippen MR) is 136 cm³/mol. The minimum Gasteiger partial charge on any atom is -0.392 e. The summed E-state index contributed by atoms with van der Waals surface area (Å²) in [6, 6.07) is 16.7. The molecule has 2 aromatic rings. The number of benzene rings is 2. The van der Waals surface area contributed by atoms with Crippen molar-refractivity contribution in [1.29, 1.82) is 0 Å². The van der Waals surface area contributed by atoms with E-state index in [-0.39, 0.29) is 22.9 Å². The summed E-state index contributed by atoms with van der Waals surface area (Å²) in [5.74, 6) is 0.215. The van der Waals surface area contributed by atoms with E-state index in [0.717, 1.165) is 30.4 Å². The van der Waals surface area contributed by atoms with Crippen LogP contribution in [0.1, 0.15) is 43.2 Å². The highest BCUT2D eigenvalue weighted by Crippen LogP contribution is 2.34. The molecule has 1 saturated heterocycles. The van der Waals surface area contributed by atoms with Gasteiger partial charge in [-0.05, 0) is 56.7 Å². The Hall–Kier alpha value is -2.92. The fourth-order valence-corrected chi connectivity index (χ4v) is 6.50. The summed E-state index contributed by atoms with van der Waals surface area (Å²) in [6.45, 7) is 3.02. The third-order valence-corrected chi connectivity index (χ3v) is 9.15. The van der Waals surface area contributed by atoms with Crippen molar-refractivity contribution in [1.82, 2.24) is 15.1 Å². The van der Waals surface area contributed by atoms with Crippen molar-refractivity contribution < 1.29 is 27.5 Å². The Morgan fingerprint density at radius 2 is 1.84 bits per heavy atom. The van der Waals surface area contributed by atoms with E-state index in [1.54, 1.807) is 30.3 Å². The highest BCUT2D eigenvalue weighted by Gasteiger charge is 2.43. The smallest absolute Gasteiger partial charge is 0.392 e. The van der Waals surface area contributed by atoms with Crippen molar-refractivity contribution in [2.75, 3.05) is 13.1 Å². The molecule has 2 aliphatic heterocycles. The van der Waals surface area contributed by atoms with Gasteiger partial charge < -0.3 is 14.8 Å². The minimum atomic E-state index is -3.57. The van der Waals surface area contributed by atoms with Gasteiger partial charge in [0.25, 0.3) is 0 Å². The van der Waals surface area contributed by atoms with Gasteiger partial charge in [0.1, 0.15) is 5.60 Å². The highest BCUT2D eigenvalue weighted by molar-refractivity contribution is 7.89. The number of nitrogens with one attached hydrogen (secondary N) is 2. The Labute approximate surface area is 217 Å². The number of amides is 1. The molecule has 2 fully saturated rings. The van der Waals surface area contributed by atoms with Crippen LogP contribution in [0.5, 0.6) is 0 Å². The van der Waals surface area contributed by atoms with Crippen LogP contribution >= 0.6 is 0 Å². The fraction of sp³-hybridized carbons (Fsp3) is 0.444. The molecule has 2 unspecified atom stereocenters. The number of carbonyl (C=O) groups is 1. The van der Waals surface area contributed by atoms with E-state index in [1.807, 2.05) is 37.3 Å². The third-order valence-electron chi connectivity index (χ3n) is 7.24. The average molecular weight is 528 g/mol. The lowest BCUT2D eigenvalue weighted by molar-refractivity contribution is -0.0730. The van der Waals surface area contributed by atoms with Crippen LogP contribution in [0.4, 0.5) is 4.79 Å². The second-order valence-electron chi connectivity index (χ2n) is 9.90. The molecule has 3 aliphatic rings. The van der Waals surface area contributed by atoms with Gasteiger partial charge in [-0.1, -0.05) is 48.0 Å². The molecule has 1 aliphatic carbocycles. The summed E-state index contributed by atoms with van der Waals surface area (Å²) >= 11 is 0. The molecular formula is C27H33N3O6S. The van der Waals surface area contributed by atoms with E-state index in [1.165, 1.54) is 4.31 Å². The molecule has 1 amide bonds. The van der Waals surface area contributed by atoms with Crippen LogP contribution in [0, 0.1) is 6.92 Å². The number of sulfonamides is 1. The number of rotatable bonds is 7. The lowest BCUT2D eigenvalue weighted by atomic mass is 9.93. The van der Waals surface area contributed by atoms with E-state index >= 15 is 0 Å². The molecule has 0 aromatic heterocycles. The standard InChI is InChI=1S/C27H33N3O6S/c1-20-10-12-22(13-11-20)37(32,33)30-16-14-27(15-17-30)18-25(29-36-27)35-26(31)28-23-8-5-9-24(23)34-19-21-6-3-2-4-7-21/h2-4,6-7,10-13,18,23-24,29H,5,8-9,14-17,19H2,1H3,(H,28,31). The molecule has 198 valence electrons. The summed E-state index contributed by atoms with van der Waals surface area (Å²) in [6.07, 6.45) is 4.66. The van der Waals surface area contributed by atoms with Gasteiger partial charge in [-0.3, -0.25) is 4.84 Å². The molecule has 2 atom stereocenters. The average Bonchev–Trinajstić information content (AvgIpc) is 3.50. The normalized spacial score (nSPS) is 23.4. The SMILES string of the molecule is Cc1ccc(S(=O)(=O)N2CCC3(C=C(OC(=O)NC4CCCC4OCc4ccccc4)NO3)CC2)cc1. The zero-order valence-electron chi connectivity index (χ0n) is 20.9. The van der Waals surface area contributed by atoms with E-state index in [2.05, 4.69) is 10.8 Å². The van der Waals surface area contributed by atoms with Gasteiger partial charge in [0.15, 0.2) is 0 Å². The maximum atomic E-state index is 13.0. The van der Waals surface area contributed by atoms with Crippen LogP contribution in [0.3, 0.4) is 0 Å². The number of aryl methyl sites for hydroxylation is 1. The third kappa shape index (κ3) is 5.98. The topological polar surface area (TPSA) is 106 Å². The largest absolute Gasteiger partial charge is 0.414 e. The van der Waals surface area contributed by atoms with Gasteiger partial charge in [-0.25, -0.2) is 18.7 Å². The summed E-state index contributed by atoms with van der Waals surface area (Å²) in [5.41, 5.74) is 4.08. The summed E-state index contributed by atoms with van der Waals surface area (Å²) in [4.78, 5) is 18.6. The predicted octanol–water partition coefficient (Wildman–Crippen LogP) is 3.76. The van der Waals surface area contributed by atoms with E-state index in [9.17, 15) is 13.2 Å². The van der Waals surface area contributed by atoms with Crippen molar-refractivity contribution in [3.05, 3.63) is 77.7 Å². The van der Waals surface area contributed by atoms with E-state index < -0.39 is 21.7 Å². The van der Waals surface area contributed by atoms with Gasteiger partial charge in [-0.2, -0.15) is 4.31 Å². The Kier molecular flexibility index (Phi) is 7.52. The first-order valence-electron chi connectivity index (χ1n) is 12.7. The Balaban J connectivity index is 1.12. The lowest BCUT2D eigenvalue weighted by Gasteiger charge is -2.35. The fourth-order valence-electron chi connectivity index (χ4n) is 5.06. The molecule has 1 saturated carbocycles. The van der Waals surface area contributed by atoms with Crippen LogP contribution in [0.2, 0.25) is 0 Å². The zero-order chi connectivity index (χ0) is 25.9. The van der Waals surface area contributed by atoms with Crippen LogP contribution < -0.4 is 10.8 Å². The maximum absolute atomic E-state index is 13.0. The molecule has 2 aromatic carbocycles. The Morgan fingerprint density at radius 3 is 2.57 bits per heavy atom. The van der Waals surface area contributed by atoms with Crippen LogP contribution in [0.15, 0.2) is 71.5 Å². The quantitative estimate of drug-likeness (QED) is 0.565. The second-order valence-corrected chi connectivity index (χ2v) is 11.8. The number of piperidine rings is 1. The molecule has 0 bridgehead atoms. The number of hydroxylamine groups is 1. The molecule has 5 rings (SSSR count). The van der Waals surface area contributed by atoms with Gasteiger partial charge in [0.2, 0.25) is 15.9 Å². The number of hydrogen-bond donors (Lipinski definition) is 2. The lowest BCUT2D eigenvalue weighted by Crippen LogP contribution is -2.46. The van der Waals surface area contributed by atoms with Gasteiger partial charge in [0, 0.05) is 19.2 Å². The zero-order valence-corrected chi connectivity index (χ0v) is 21.7. The number of alkyl carbamates (subject to hydrolysis) is 1. The van der Waals surface area contributed by atoms with Gasteiger partial charge in [0.05, 0.1) is 23.6 Å². The molecule has 9 nitrogen and oxygen atoms in total. The van der Waals surface area contributed by atoms with Crippen LogP contribution in [-0.4, -0.2) is 49.7 Å². The molecule has 0 radical (unpaired) electrons. The second kappa shape index (κ2) is 10.8. The van der Waals surface area contributed by atoms with Crippen molar-refractivity contribution in [3.63, 3.8) is 0 Å². The molecule has 1 spiro atoms. The van der Waals surface area contributed by atoms with Crippen molar-refractivity contribution in [2.24, 2.45) is 0 Å². The van der Waals surface area contributed by atoms with Crippen LogP contribution in [-0.2, 0) is 30.9 Å². The first-order chi connectivity index (χ1) is 17.8. The Morgan fingerprint density at radius 1 is 1.11 bits per heavy atom. The summed E-state index contributed by atoms with van der Waals surface area (Å²) in [7, 11) is -3.57.